The van der Waals surface area contributed by atoms with Gasteiger partial charge in [-0.3, -0.25) is 14.4 Å². The number of amides is 2. The second kappa shape index (κ2) is 7.70. The van der Waals surface area contributed by atoms with Crippen molar-refractivity contribution in [3.05, 3.63) is 29.8 Å². The number of hydrogen-bond acceptors (Lipinski definition) is 4. The molecule has 0 bridgehead atoms. The first-order valence-corrected chi connectivity index (χ1v) is 8.91. The lowest BCUT2D eigenvalue weighted by Gasteiger charge is -2.20. The number of hydrogen-bond donors (Lipinski definition) is 2. The number of carbonyl (C=O) groups excluding carboxylic acids is 2. The Kier molecular flexibility index (Phi) is 5.88. The van der Waals surface area contributed by atoms with Gasteiger partial charge in [0.1, 0.15) is 0 Å². The van der Waals surface area contributed by atoms with Crippen LogP contribution >= 0.6 is 11.8 Å². The van der Waals surface area contributed by atoms with E-state index in [1.807, 2.05) is 31.2 Å². The first-order chi connectivity index (χ1) is 11.3. The van der Waals surface area contributed by atoms with Gasteiger partial charge in [-0.05, 0) is 32.4 Å². The van der Waals surface area contributed by atoms with Gasteiger partial charge in [0.2, 0.25) is 11.8 Å². The van der Waals surface area contributed by atoms with E-state index < -0.39 is 11.4 Å². The van der Waals surface area contributed by atoms with Crippen molar-refractivity contribution >= 4 is 35.2 Å². The summed E-state index contributed by atoms with van der Waals surface area (Å²) in [6.45, 7) is 4.32. The van der Waals surface area contributed by atoms with Crippen LogP contribution in [0, 0.1) is 12.3 Å². The summed E-state index contributed by atoms with van der Waals surface area (Å²) in [5.74, 6) is -0.787. The fourth-order valence-corrected chi connectivity index (χ4v) is 3.22. The minimum atomic E-state index is -0.872. The number of benzene rings is 1. The molecule has 1 heterocycles. The lowest BCUT2D eigenvalue weighted by Crippen LogP contribution is -2.35. The van der Waals surface area contributed by atoms with Crippen LogP contribution in [-0.2, 0) is 14.4 Å². The maximum absolute atomic E-state index is 12.1. The number of carboxylic acids is 1. The fraction of sp³-hybridized carbons (Fsp3) is 0.471. The SMILES string of the molecule is Cc1ccc(NC(=O)CSCC(=O)N2CCC(C)(C(=O)O)C2)cc1. The van der Waals surface area contributed by atoms with Gasteiger partial charge in [-0.1, -0.05) is 17.7 Å². The smallest absolute Gasteiger partial charge is 0.311 e. The lowest BCUT2D eigenvalue weighted by atomic mass is 9.90. The first-order valence-electron chi connectivity index (χ1n) is 7.75. The number of anilines is 1. The van der Waals surface area contributed by atoms with Gasteiger partial charge in [0, 0.05) is 18.8 Å². The van der Waals surface area contributed by atoms with Crippen molar-refractivity contribution in [3.8, 4) is 0 Å². The molecule has 1 saturated heterocycles. The average molecular weight is 350 g/mol. The highest BCUT2D eigenvalue weighted by atomic mass is 32.2. The molecule has 1 atom stereocenters. The third kappa shape index (κ3) is 4.74. The van der Waals surface area contributed by atoms with Crippen LogP contribution in [0.25, 0.3) is 0 Å². The highest BCUT2D eigenvalue weighted by Crippen LogP contribution is 2.30. The second-order valence-electron chi connectivity index (χ2n) is 6.34. The molecule has 2 N–H and O–H groups in total. The molecule has 1 aromatic rings. The van der Waals surface area contributed by atoms with Crippen molar-refractivity contribution < 1.29 is 19.5 Å². The maximum atomic E-state index is 12.1. The molecule has 24 heavy (non-hydrogen) atoms. The number of nitrogens with zero attached hydrogens (tertiary/aromatic N) is 1. The zero-order valence-electron chi connectivity index (χ0n) is 13.9. The predicted molar refractivity (Wildman–Crippen MR) is 94.1 cm³/mol. The molecule has 0 saturated carbocycles. The molecule has 0 aromatic heterocycles. The van der Waals surface area contributed by atoms with Crippen molar-refractivity contribution in [3.63, 3.8) is 0 Å². The van der Waals surface area contributed by atoms with Gasteiger partial charge in [0.25, 0.3) is 0 Å². The van der Waals surface area contributed by atoms with E-state index in [9.17, 15) is 19.5 Å². The summed E-state index contributed by atoms with van der Waals surface area (Å²) in [4.78, 5) is 36.7. The fourth-order valence-electron chi connectivity index (χ4n) is 2.50. The number of thioether (sulfide) groups is 1. The van der Waals surface area contributed by atoms with Crippen LogP contribution in [-0.4, -0.2) is 52.4 Å². The number of aliphatic carboxylic acids is 1. The Labute approximate surface area is 145 Å². The topological polar surface area (TPSA) is 86.7 Å². The summed E-state index contributed by atoms with van der Waals surface area (Å²) in [6.07, 6.45) is 0.465. The van der Waals surface area contributed by atoms with Gasteiger partial charge in [-0.15, -0.1) is 11.8 Å². The van der Waals surface area contributed by atoms with Crippen molar-refractivity contribution in [1.82, 2.24) is 4.90 Å². The summed E-state index contributed by atoms with van der Waals surface area (Å²) in [5, 5.41) is 12.0. The van der Waals surface area contributed by atoms with Gasteiger partial charge in [0.05, 0.1) is 16.9 Å². The van der Waals surface area contributed by atoms with Gasteiger partial charge in [0.15, 0.2) is 0 Å². The standard InChI is InChI=1S/C17H22N2O4S/c1-12-3-5-13(6-4-12)18-14(20)9-24-10-15(21)19-8-7-17(2,11-19)16(22)23/h3-6H,7-11H2,1-2H3,(H,18,20)(H,22,23). The van der Waals surface area contributed by atoms with E-state index in [0.717, 1.165) is 11.3 Å². The van der Waals surface area contributed by atoms with Crippen molar-refractivity contribution in [2.75, 3.05) is 29.9 Å². The summed E-state index contributed by atoms with van der Waals surface area (Å²) in [7, 11) is 0. The molecule has 1 aliphatic heterocycles. The Hall–Kier alpha value is -2.02. The van der Waals surface area contributed by atoms with Crippen molar-refractivity contribution in [2.45, 2.75) is 20.3 Å². The number of nitrogens with one attached hydrogen (secondary N) is 1. The number of carbonyl (C=O) groups is 3. The van der Waals surface area contributed by atoms with Crippen LogP contribution < -0.4 is 5.32 Å². The number of rotatable bonds is 6. The second-order valence-corrected chi connectivity index (χ2v) is 7.32. The summed E-state index contributed by atoms with van der Waals surface area (Å²) in [6, 6.07) is 7.50. The van der Waals surface area contributed by atoms with Crippen molar-refractivity contribution in [2.24, 2.45) is 5.41 Å². The Balaban J connectivity index is 1.72. The van der Waals surface area contributed by atoms with E-state index in [2.05, 4.69) is 5.32 Å². The molecule has 2 rings (SSSR count). The summed E-state index contributed by atoms with van der Waals surface area (Å²) in [5.41, 5.74) is 0.990. The molecule has 0 radical (unpaired) electrons. The van der Waals surface area contributed by atoms with E-state index in [1.165, 1.54) is 11.8 Å². The number of aryl methyl sites for hydroxylation is 1. The van der Waals surface area contributed by atoms with Gasteiger partial charge < -0.3 is 15.3 Å². The van der Waals surface area contributed by atoms with Crippen LogP contribution in [0.2, 0.25) is 0 Å². The molecule has 6 nitrogen and oxygen atoms in total. The van der Waals surface area contributed by atoms with Gasteiger partial charge in [-0.25, -0.2) is 0 Å². The quantitative estimate of drug-likeness (QED) is 0.819. The van der Waals surface area contributed by atoms with Crippen LogP contribution in [0.5, 0.6) is 0 Å². The molecule has 1 fully saturated rings. The lowest BCUT2D eigenvalue weighted by molar-refractivity contribution is -0.147. The minimum absolute atomic E-state index is 0.117. The van der Waals surface area contributed by atoms with E-state index in [4.69, 9.17) is 0 Å². The first kappa shape index (κ1) is 18.3. The Morgan fingerprint density at radius 3 is 2.50 bits per heavy atom. The highest BCUT2D eigenvalue weighted by Gasteiger charge is 2.41. The van der Waals surface area contributed by atoms with E-state index in [-0.39, 0.29) is 29.9 Å². The molecular weight excluding hydrogens is 328 g/mol. The van der Waals surface area contributed by atoms with Crippen LogP contribution in [0.3, 0.4) is 0 Å². The normalized spacial score (nSPS) is 20.0. The minimum Gasteiger partial charge on any atom is -0.481 e. The Bertz CT molecular complexity index is 632. The Morgan fingerprint density at radius 1 is 1.25 bits per heavy atom. The molecule has 0 spiro atoms. The molecule has 130 valence electrons. The van der Waals surface area contributed by atoms with E-state index in [1.54, 1.807) is 11.8 Å². The molecular formula is C17H22N2O4S. The molecule has 2 amide bonds. The zero-order valence-corrected chi connectivity index (χ0v) is 14.7. The van der Waals surface area contributed by atoms with Gasteiger partial charge >= 0.3 is 5.97 Å². The van der Waals surface area contributed by atoms with Crippen LogP contribution in [0.4, 0.5) is 5.69 Å². The number of carboxylic acid groups (broad SMARTS) is 1. The van der Waals surface area contributed by atoms with Crippen molar-refractivity contribution in [1.29, 1.82) is 0 Å². The number of likely N-dealkylation sites (tertiary alicyclic amines) is 1. The largest absolute Gasteiger partial charge is 0.481 e. The van der Waals surface area contributed by atoms with Gasteiger partial charge in [-0.2, -0.15) is 0 Å². The predicted octanol–water partition coefficient (Wildman–Crippen LogP) is 1.99. The maximum Gasteiger partial charge on any atom is 0.311 e. The highest BCUT2D eigenvalue weighted by molar-refractivity contribution is 8.00. The summed E-state index contributed by atoms with van der Waals surface area (Å²) < 4.78 is 0. The molecule has 0 aliphatic carbocycles. The average Bonchev–Trinajstić information content (AvgIpc) is 2.93. The summed E-state index contributed by atoms with van der Waals surface area (Å²) >= 11 is 1.24. The zero-order chi connectivity index (χ0) is 17.7. The van der Waals surface area contributed by atoms with Crippen LogP contribution in [0.1, 0.15) is 18.9 Å². The monoisotopic (exact) mass is 350 g/mol. The molecule has 1 unspecified atom stereocenters. The van der Waals surface area contributed by atoms with Crippen LogP contribution in [0.15, 0.2) is 24.3 Å². The molecule has 1 aliphatic rings. The molecule has 7 heteroatoms. The molecule has 1 aromatic carbocycles. The van der Waals surface area contributed by atoms with E-state index in [0.29, 0.717) is 13.0 Å². The third-order valence-electron chi connectivity index (χ3n) is 4.14. The Morgan fingerprint density at radius 2 is 1.92 bits per heavy atom. The third-order valence-corrected chi connectivity index (χ3v) is 5.05. The van der Waals surface area contributed by atoms with E-state index >= 15 is 0 Å².